The molecule has 11 heteroatoms. The number of benzene rings is 2. The number of ether oxygens (including phenoxy) is 5. The molecule has 0 unspecified atom stereocenters. The Bertz CT molecular complexity index is 1170. The summed E-state index contributed by atoms with van der Waals surface area (Å²) in [6, 6.07) is 6.32. The molecule has 2 atom stereocenters. The second kappa shape index (κ2) is 10.8. The number of aliphatic carboxylic acids is 1. The lowest BCUT2D eigenvalue weighted by Gasteiger charge is -2.17. The van der Waals surface area contributed by atoms with Crippen LogP contribution in [-0.4, -0.2) is 68.0 Å². The summed E-state index contributed by atoms with van der Waals surface area (Å²) in [5.41, 5.74) is 0.827. The van der Waals surface area contributed by atoms with E-state index in [1.54, 1.807) is 12.1 Å². The van der Waals surface area contributed by atoms with Crippen molar-refractivity contribution in [2.24, 2.45) is 0 Å². The Morgan fingerprint density at radius 3 is 2.40 bits per heavy atom. The molecule has 2 aromatic rings. The van der Waals surface area contributed by atoms with Gasteiger partial charge in [0.2, 0.25) is 11.5 Å². The van der Waals surface area contributed by atoms with E-state index in [9.17, 15) is 19.5 Å². The molecule has 1 aliphatic rings. The number of hydrogen-bond donors (Lipinski definition) is 3. The normalized spacial score (nSPS) is 15.0. The molecule has 2 aromatic carbocycles. The first-order valence-corrected chi connectivity index (χ1v) is 10.4. The number of nitrogens with one attached hydrogen (secondary N) is 1. The smallest absolute Gasteiger partial charge is 0.328 e. The number of ketones is 1. The third-order valence-corrected chi connectivity index (χ3v) is 5.10. The maximum Gasteiger partial charge on any atom is 0.328 e. The molecule has 3 rings (SSSR count). The van der Waals surface area contributed by atoms with E-state index >= 15 is 0 Å². The van der Waals surface area contributed by atoms with Crippen LogP contribution in [-0.2, 0) is 9.59 Å². The first-order chi connectivity index (χ1) is 16.7. The highest BCUT2D eigenvalue weighted by Gasteiger charge is 2.29. The predicted octanol–water partition coefficient (Wildman–Crippen LogP) is 1.66. The summed E-state index contributed by atoms with van der Waals surface area (Å²) in [5.74, 6) is -0.793. The Morgan fingerprint density at radius 1 is 1.09 bits per heavy atom. The quantitative estimate of drug-likeness (QED) is 0.422. The van der Waals surface area contributed by atoms with E-state index in [2.05, 4.69) is 5.32 Å². The summed E-state index contributed by atoms with van der Waals surface area (Å²) < 4.78 is 27.2. The second-order valence-corrected chi connectivity index (χ2v) is 7.43. The van der Waals surface area contributed by atoms with Gasteiger partial charge in [0.25, 0.3) is 5.91 Å². The van der Waals surface area contributed by atoms with Gasteiger partial charge in [-0.2, -0.15) is 0 Å². The van der Waals surface area contributed by atoms with Gasteiger partial charge in [0, 0.05) is 11.6 Å². The van der Waals surface area contributed by atoms with Crippen LogP contribution in [0.1, 0.15) is 22.8 Å². The van der Waals surface area contributed by atoms with Gasteiger partial charge in [-0.15, -0.1) is 0 Å². The molecule has 35 heavy (non-hydrogen) atoms. The molecule has 1 aliphatic heterocycles. The number of methoxy groups -OCH3 is 3. The van der Waals surface area contributed by atoms with Gasteiger partial charge in [-0.25, -0.2) is 4.79 Å². The molecule has 3 N–H and O–H groups in total. The second-order valence-electron chi connectivity index (χ2n) is 7.43. The van der Waals surface area contributed by atoms with Gasteiger partial charge < -0.3 is 39.2 Å². The summed E-state index contributed by atoms with van der Waals surface area (Å²) in [6.07, 6.45) is 0.226. The van der Waals surface area contributed by atoms with E-state index < -0.39 is 30.6 Å². The van der Waals surface area contributed by atoms with Crippen molar-refractivity contribution in [1.29, 1.82) is 0 Å². The lowest BCUT2D eigenvalue weighted by Crippen LogP contribution is -2.49. The SMILES string of the molecule is COc1ccc(C=C2Oc3cc(OCC(=O)N[C@H](C(=O)O)[C@@H](C)O)ccc3C2=O)c(OC)c1OC. The van der Waals surface area contributed by atoms with Crippen LogP contribution in [0.2, 0.25) is 0 Å². The number of aliphatic hydroxyl groups is 1. The Labute approximate surface area is 200 Å². The van der Waals surface area contributed by atoms with Gasteiger partial charge >= 0.3 is 5.97 Å². The first-order valence-electron chi connectivity index (χ1n) is 10.4. The van der Waals surface area contributed by atoms with Gasteiger partial charge in [0.15, 0.2) is 29.9 Å². The van der Waals surface area contributed by atoms with Crippen LogP contribution in [0.15, 0.2) is 36.1 Å². The van der Waals surface area contributed by atoms with Crippen molar-refractivity contribution in [3.05, 3.63) is 47.2 Å². The Morgan fingerprint density at radius 2 is 1.80 bits per heavy atom. The average molecular weight is 487 g/mol. The van der Waals surface area contributed by atoms with Crippen molar-refractivity contribution in [2.75, 3.05) is 27.9 Å². The maximum absolute atomic E-state index is 12.8. The van der Waals surface area contributed by atoms with E-state index in [-0.39, 0.29) is 23.0 Å². The first kappa shape index (κ1) is 25.4. The summed E-state index contributed by atoms with van der Waals surface area (Å²) in [6.45, 7) is 0.742. The van der Waals surface area contributed by atoms with Crippen molar-refractivity contribution in [3.8, 4) is 28.7 Å². The van der Waals surface area contributed by atoms with Crippen molar-refractivity contribution < 1.29 is 48.3 Å². The lowest BCUT2D eigenvalue weighted by atomic mass is 10.1. The zero-order valence-electron chi connectivity index (χ0n) is 19.5. The zero-order chi connectivity index (χ0) is 25.7. The van der Waals surface area contributed by atoms with Crippen LogP contribution in [0.3, 0.4) is 0 Å². The zero-order valence-corrected chi connectivity index (χ0v) is 19.5. The van der Waals surface area contributed by atoms with E-state index in [0.717, 1.165) is 0 Å². The maximum atomic E-state index is 12.8. The van der Waals surface area contributed by atoms with Gasteiger partial charge in [-0.1, -0.05) is 0 Å². The number of aliphatic hydroxyl groups excluding tert-OH is 1. The van der Waals surface area contributed by atoms with Crippen LogP contribution in [0, 0.1) is 0 Å². The molecule has 0 bridgehead atoms. The third kappa shape index (κ3) is 5.46. The fourth-order valence-corrected chi connectivity index (χ4v) is 3.39. The third-order valence-electron chi connectivity index (χ3n) is 5.10. The largest absolute Gasteiger partial charge is 0.493 e. The monoisotopic (exact) mass is 487 g/mol. The minimum atomic E-state index is -1.46. The number of carbonyl (C=O) groups is 3. The molecule has 0 radical (unpaired) electrons. The van der Waals surface area contributed by atoms with Crippen LogP contribution < -0.4 is 29.0 Å². The summed E-state index contributed by atoms with van der Waals surface area (Å²) >= 11 is 0. The molecule has 1 heterocycles. The lowest BCUT2D eigenvalue weighted by molar-refractivity contribution is -0.145. The molecule has 0 saturated carbocycles. The number of carbonyl (C=O) groups excluding carboxylic acids is 2. The standard InChI is InChI=1S/C24H25NO10/c1-12(26)20(24(29)30)25-19(27)11-34-14-6-7-15-17(10-14)35-18(21(15)28)9-13-5-8-16(31-2)23(33-4)22(13)32-3/h5-10,12,20,26H,11H2,1-4H3,(H,25,27)(H,29,30)/t12-,20+/m1/s1. The highest BCUT2D eigenvalue weighted by molar-refractivity contribution is 6.14. The number of fused-ring (bicyclic) bond motifs is 1. The number of amides is 1. The fourth-order valence-electron chi connectivity index (χ4n) is 3.39. The summed E-state index contributed by atoms with van der Waals surface area (Å²) in [5, 5.41) is 20.7. The van der Waals surface area contributed by atoms with Gasteiger partial charge in [-0.3, -0.25) is 9.59 Å². The number of rotatable bonds is 10. The Kier molecular flexibility index (Phi) is 7.82. The van der Waals surface area contributed by atoms with Crippen molar-refractivity contribution >= 4 is 23.7 Å². The van der Waals surface area contributed by atoms with Gasteiger partial charge in [0.1, 0.15) is 11.5 Å². The molecule has 0 aromatic heterocycles. The van der Waals surface area contributed by atoms with Crippen molar-refractivity contribution in [1.82, 2.24) is 5.32 Å². The molecule has 0 saturated heterocycles. The van der Waals surface area contributed by atoms with Crippen molar-refractivity contribution in [2.45, 2.75) is 19.1 Å². The molecule has 0 spiro atoms. The minimum Gasteiger partial charge on any atom is -0.493 e. The minimum absolute atomic E-state index is 0.0432. The number of carboxylic acids is 1. The Hall–Kier alpha value is -4.25. The number of hydrogen-bond acceptors (Lipinski definition) is 9. The van der Waals surface area contributed by atoms with Gasteiger partial charge in [-0.05, 0) is 37.3 Å². The van der Waals surface area contributed by atoms with Crippen molar-refractivity contribution in [3.63, 3.8) is 0 Å². The number of Topliss-reactive ketones (excluding diaryl/α,β-unsaturated/α-hetero) is 1. The van der Waals surface area contributed by atoms with E-state index in [0.29, 0.717) is 28.4 Å². The summed E-state index contributed by atoms with van der Waals surface area (Å²) in [4.78, 5) is 35.9. The fraction of sp³-hybridized carbons (Fsp3) is 0.292. The number of carboxylic acid groups (broad SMARTS) is 1. The van der Waals surface area contributed by atoms with Crippen LogP contribution in [0.25, 0.3) is 6.08 Å². The van der Waals surface area contributed by atoms with Crippen LogP contribution in [0.4, 0.5) is 0 Å². The molecule has 186 valence electrons. The number of allylic oxidation sites excluding steroid dienone is 1. The van der Waals surface area contributed by atoms with E-state index in [1.807, 2.05) is 0 Å². The molecule has 0 fully saturated rings. The molecule has 0 aliphatic carbocycles. The molecule has 11 nitrogen and oxygen atoms in total. The highest BCUT2D eigenvalue weighted by Crippen LogP contribution is 2.42. The topological polar surface area (TPSA) is 150 Å². The van der Waals surface area contributed by atoms with Gasteiger partial charge in [0.05, 0.1) is 33.0 Å². The molecular formula is C24H25NO10. The highest BCUT2D eigenvalue weighted by atomic mass is 16.5. The van der Waals surface area contributed by atoms with E-state index in [1.165, 1.54) is 52.5 Å². The predicted molar refractivity (Wildman–Crippen MR) is 122 cm³/mol. The summed E-state index contributed by atoms with van der Waals surface area (Å²) in [7, 11) is 4.43. The molecule has 1 amide bonds. The van der Waals surface area contributed by atoms with Crippen LogP contribution in [0.5, 0.6) is 28.7 Å². The molecular weight excluding hydrogens is 462 g/mol. The Balaban J connectivity index is 1.76. The van der Waals surface area contributed by atoms with E-state index in [4.69, 9.17) is 28.8 Å². The van der Waals surface area contributed by atoms with Crippen LogP contribution >= 0.6 is 0 Å². The average Bonchev–Trinajstić information content (AvgIpc) is 3.14.